The summed E-state index contributed by atoms with van der Waals surface area (Å²) in [7, 11) is 0. The monoisotopic (exact) mass is 397 g/mol. The Labute approximate surface area is 170 Å². The van der Waals surface area contributed by atoms with Crippen molar-refractivity contribution in [2.75, 3.05) is 13.1 Å². The molecule has 0 spiro atoms. The Morgan fingerprint density at radius 2 is 1.76 bits per heavy atom. The molecule has 0 bridgehead atoms. The van der Waals surface area contributed by atoms with Gasteiger partial charge in [-0.3, -0.25) is 9.59 Å². The molecule has 0 radical (unpaired) electrons. The Bertz CT molecular complexity index is 876. The summed E-state index contributed by atoms with van der Waals surface area (Å²) in [4.78, 5) is 31.1. The highest BCUT2D eigenvalue weighted by Gasteiger charge is 2.48. The molecule has 2 aromatic rings. The molecule has 4 rings (SSSR count). The summed E-state index contributed by atoms with van der Waals surface area (Å²) in [6.45, 7) is 2.72. The highest BCUT2D eigenvalue weighted by Crippen LogP contribution is 2.46. The maximum Gasteiger partial charge on any atom is 0.310 e. The number of hydrogen-bond acceptors (Lipinski definition) is 5. The van der Waals surface area contributed by atoms with Crippen molar-refractivity contribution in [2.24, 2.45) is 11.3 Å². The van der Waals surface area contributed by atoms with Crippen molar-refractivity contribution in [3.05, 3.63) is 35.7 Å². The zero-order valence-corrected chi connectivity index (χ0v) is 16.8. The van der Waals surface area contributed by atoms with Crippen molar-refractivity contribution in [3.63, 3.8) is 0 Å². The number of rotatable bonds is 4. The minimum atomic E-state index is -0.684. The lowest BCUT2D eigenvalue weighted by Gasteiger charge is -2.45. The lowest BCUT2D eigenvalue weighted by molar-refractivity contribution is -0.157. The van der Waals surface area contributed by atoms with Gasteiger partial charge in [0.25, 0.3) is 5.91 Å². The maximum atomic E-state index is 12.9. The highest BCUT2D eigenvalue weighted by atomic mass is 16.5. The Morgan fingerprint density at radius 3 is 2.31 bits per heavy atom. The molecule has 1 amide bonds. The number of aliphatic carboxylic acids is 1. The van der Waals surface area contributed by atoms with Gasteiger partial charge in [-0.15, -0.1) is 0 Å². The van der Waals surface area contributed by atoms with E-state index >= 15 is 0 Å². The van der Waals surface area contributed by atoms with Gasteiger partial charge < -0.3 is 14.5 Å². The molecule has 1 aromatic carbocycles. The van der Waals surface area contributed by atoms with E-state index in [0.29, 0.717) is 43.2 Å². The molecular formula is C22H27N3O4. The van der Waals surface area contributed by atoms with Crippen LogP contribution in [0.25, 0.3) is 11.4 Å². The van der Waals surface area contributed by atoms with Gasteiger partial charge >= 0.3 is 5.97 Å². The summed E-state index contributed by atoms with van der Waals surface area (Å²) in [6, 6.07) is 7.16. The molecule has 29 heavy (non-hydrogen) atoms. The Morgan fingerprint density at radius 1 is 1.10 bits per heavy atom. The van der Waals surface area contributed by atoms with Crippen molar-refractivity contribution in [3.8, 4) is 11.4 Å². The fourth-order valence-electron chi connectivity index (χ4n) is 4.92. The SMILES string of the molecule is Cc1nc(-c2ccc(C(=O)N3CCC(C(=O)O)(C4CCCCC4)CC3)cc2)no1. The first-order chi connectivity index (χ1) is 14.0. The van der Waals surface area contributed by atoms with Gasteiger partial charge in [-0.2, -0.15) is 4.98 Å². The Kier molecular flexibility index (Phi) is 5.39. The predicted molar refractivity (Wildman–Crippen MR) is 106 cm³/mol. The van der Waals surface area contributed by atoms with Crippen LogP contribution in [0.1, 0.15) is 61.2 Å². The van der Waals surface area contributed by atoms with E-state index < -0.39 is 11.4 Å². The number of likely N-dealkylation sites (tertiary alicyclic amines) is 1. The third kappa shape index (κ3) is 3.78. The molecule has 2 fully saturated rings. The van der Waals surface area contributed by atoms with E-state index in [1.54, 1.807) is 24.0 Å². The van der Waals surface area contributed by atoms with E-state index in [-0.39, 0.29) is 11.8 Å². The van der Waals surface area contributed by atoms with Crippen LogP contribution >= 0.6 is 0 Å². The van der Waals surface area contributed by atoms with Crippen LogP contribution in [0.4, 0.5) is 0 Å². The first-order valence-electron chi connectivity index (χ1n) is 10.4. The number of carboxylic acid groups (broad SMARTS) is 1. The first-order valence-corrected chi connectivity index (χ1v) is 10.4. The largest absolute Gasteiger partial charge is 0.481 e. The predicted octanol–water partition coefficient (Wildman–Crippen LogP) is 3.93. The summed E-state index contributed by atoms with van der Waals surface area (Å²) in [5.74, 6) is 0.495. The van der Waals surface area contributed by atoms with Gasteiger partial charge in [0.15, 0.2) is 0 Å². The Hall–Kier alpha value is -2.70. The van der Waals surface area contributed by atoms with Crippen LogP contribution in [0.5, 0.6) is 0 Å². The number of aromatic nitrogens is 2. The van der Waals surface area contributed by atoms with Gasteiger partial charge in [-0.1, -0.05) is 36.6 Å². The number of piperidine rings is 1. The second kappa shape index (κ2) is 7.97. The van der Waals surface area contributed by atoms with Gasteiger partial charge in [0.1, 0.15) is 0 Å². The number of benzene rings is 1. The normalized spacial score (nSPS) is 19.8. The van der Waals surface area contributed by atoms with Crippen LogP contribution in [0.15, 0.2) is 28.8 Å². The molecule has 0 unspecified atom stereocenters. The molecule has 0 atom stereocenters. The summed E-state index contributed by atoms with van der Waals surface area (Å²) in [5.41, 5.74) is 0.714. The topological polar surface area (TPSA) is 96.5 Å². The molecule has 1 saturated carbocycles. The molecule has 154 valence electrons. The summed E-state index contributed by atoms with van der Waals surface area (Å²) in [6.07, 6.45) is 6.52. The third-order valence-corrected chi connectivity index (χ3v) is 6.67. The number of carbonyl (C=O) groups excluding carboxylic acids is 1. The molecule has 1 aliphatic heterocycles. The zero-order valence-electron chi connectivity index (χ0n) is 16.8. The second-order valence-electron chi connectivity index (χ2n) is 8.30. The summed E-state index contributed by atoms with van der Waals surface area (Å²) >= 11 is 0. The smallest absolute Gasteiger partial charge is 0.310 e. The van der Waals surface area contributed by atoms with E-state index in [1.807, 2.05) is 12.1 Å². The quantitative estimate of drug-likeness (QED) is 0.840. The number of nitrogens with zero attached hydrogens (tertiary/aromatic N) is 3. The molecule has 1 N–H and O–H groups in total. The van der Waals surface area contributed by atoms with E-state index in [0.717, 1.165) is 31.2 Å². The fraction of sp³-hybridized carbons (Fsp3) is 0.545. The summed E-state index contributed by atoms with van der Waals surface area (Å²) in [5, 5.41) is 13.9. The Balaban J connectivity index is 1.43. The molecular weight excluding hydrogens is 370 g/mol. The van der Waals surface area contributed by atoms with E-state index in [4.69, 9.17) is 4.52 Å². The standard InChI is InChI=1S/C22H27N3O4/c1-15-23-19(24-29-15)16-7-9-17(10-8-16)20(26)25-13-11-22(12-14-25,21(27)28)18-5-3-2-4-6-18/h7-10,18H,2-6,11-14H2,1H3,(H,27,28). The van der Waals surface area contributed by atoms with Crippen LogP contribution in [0.2, 0.25) is 0 Å². The molecule has 2 aliphatic rings. The number of hydrogen-bond donors (Lipinski definition) is 1. The fourth-order valence-corrected chi connectivity index (χ4v) is 4.92. The van der Waals surface area contributed by atoms with E-state index in [2.05, 4.69) is 10.1 Å². The molecule has 1 saturated heterocycles. The molecule has 1 aliphatic carbocycles. The van der Waals surface area contributed by atoms with Gasteiger partial charge in [0.05, 0.1) is 5.41 Å². The van der Waals surface area contributed by atoms with Crippen molar-refractivity contribution >= 4 is 11.9 Å². The van der Waals surface area contributed by atoms with Crippen LogP contribution < -0.4 is 0 Å². The minimum absolute atomic E-state index is 0.0523. The van der Waals surface area contributed by atoms with E-state index in [1.165, 1.54) is 6.42 Å². The van der Waals surface area contributed by atoms with Crippen molar-refractivity contribution < 1.29 is 19.2 Å². The van der Waals surface area contributed by atoms with Crippen LogP contribution in [0.3, 0.4) is 0 Å². The second-order valence-corrected chi connectivity index (χ2v) is 8.30. The molecule has 1 aromatic heterocycles. The number of carbonyl (C=O) groups is 2. The number of amides is 1. The van der Waals surface area contributed by atoms with Gasteiger partial charge in [0, 0.05) is 31.1 Å². The average Bonchev–Trinajstić information content (AvgIpc) is 3.20. The minimum Gasteiger partial charge on any atom is -0.481 e. The van der Waals surface area contributed by atoms with E-state index in [9.17, 15) is 14.7 Å². The third-order valence-electron chi connectivity index (χ3n) is 6.67. The molecule has 7 nitrogen and oxygen atoms in total. The number of carboxylic acids is 1. The molecule has 7 heteroatoms. The van der Waals surface area contributed by atoms with Crippen LogP contribution in [-0.4, -0.2) is 45.1 Å². The van der Waals surface area contributed by atoms with Crippen molar-refractivity contribution in [2.45, 2.75) is 51.9 Å². The van der Waals surface area contributed by atoms with Crippen molar-refractivity contribution in [1.82, 2.24) is 15.0 Å². The van der Waals surface area contributed by atoms with Crippen LogP contribution in [0, 0.1) is 18.3 Å². The summed E-state index contributed by atoms with van der Waals surface area (Å²) < 4.78 is 5.00. The lowest BCUT2D eigenvalue weighted by atomic mass is 9.64. The van der Waals surface area contributed by atoms with Crippen molar-refractivity contribution in [1.29, 1.82) is 0 Å². The van der Waals surface area contributed by atoms with Gasteiger partial charge in [-0.05, 0) is 43.7 Å². The zero-order chi connectivity index (χ0) is 20.4. The lowest BCUT2D eigenvalue weighted by Crippen LogP contribution is -2.50. The van der Waals surface area contributed by atoms with Crippen LogP contribution in [-0.2, 0) is 4.79 Å². The highest BCUT2D eigenvalue weighted by molar-refractivity contribution is 5.94. The van der Waals surface area contributed by atoms with Gasteiger partial charge in [0.2, 0.25) is 11.7 Å². The van der Waals surface area contributed by atoms with Gasteiger partial charge in [-0.25, -0.2) is 0 Å². The maximum absolute atomic E-state index is 12.9. The molecule has 2 heterocycles. The number of aryl methyl sites for hydroxylation is 1. The first kappa shape index (κ1) is 19.6. The average molecular weight is 397 g/mol.